The van der Waals surface area contributed by atoms with Gasteiger partial charge >= 0.3 is 0 Å². The molecule has 1 fully saturated rings. The normalized spacial score (nSPS) is 24.0. The number of benzene rings is 1. The molecule has 1 aliphatic rings. The Morgan fingerprint density at radius 3 is 2.81 bits per heavy atom. The molecule has 21 heavy (non-hydrogen) atoms. The van der Waals surface area contributed by atoms with Crippen molar-refractivity contribution in [2.24, 2.45) is 5.73 Å². The second kappa shape index (κ2) is 6.72. The van der Waals surface area contributed by atoms with Crippen LogP contribution >= 0.6 is 0 Å². The molecule has 0 saturated carbocycles. The molecule has 1 heterocycles. The van der Waals surface area contributed by atoms with Crippen LogP contribution in [-0.2, 0) is 10.0 Å². The van der Waals surface area contributed by atoms with Crippen LogP contribution in [0.15, 0.2) is 24.3 Å². The molecule has 1 aromatic rings. The summed E-state index contributed by atoms with van der Waals surface area (Å²) in [6.45, 7) is 2.22. The molecule has 2 N–H and O–H groups in total. The molecular weight excluding hydrogens is 295 g/mol. The van der Waals surface area contributed by atoms with Crippen molar-refractivity contribution in [3.63, 3.8) is 0 Å². The minimum Gasteiger partial charge on any atom is -0.489 e. The van der Waals surface area contributed by atoms with E-state index in [0.717, 1.165) is 0 Å². The lowest BCUT2D eigenvalue weighted by molar-refractivity contribution is 0.244. The summed E-state index contributed by atoms with van der Waals surface area (Å²) in [4.78, 5) is 0. The number of hydrogen-bond acceptors (Lipinski definition) is 4. The average molecular weight is 316 g/mol. The van der Waals surface area contributed by atoms with E-state index < -0.39 is 15.8 Å². The lowest BCUT2D eigenvalue weighted by Crippen LogP contribution is -2.49. The van der Waals surface area contributed by atoms with Gasteiger partial charge in [-0.3, -0.25) is 0 Å². The molecule has 1 aromatic carbocycles. The zero-order valence-corrected chi connectivity index (χ0v) is 12.9. The Morgan fingerprint density at radius 2 is 2.14 bits per heavy atom. The molecule has 2 atom stereocenters. The van der Waals surface area contributed by atoms with Gasteiger partial charge in [0.15, 0.2) is 11.6 Å². The summed E-state index contributed by atoms with van der Waals surface area (Å²) < 4.78 is 44.6. The molecule has 0 radical (unpaired) electrons. The number of ether oxygens (including phenoxy) is 1. The molecule has 0 unspecified atom stereocenters. The summed E-state index contributed by atoms with van der Waals surface area (Å²) in [6, 6.07) is 5.90. The first kappa shape index (κ1) is 16.2. The number of piperidine rings is 1. The highest BCUT2D eigenvalue weighted by atomic mass is 32.2. The van der Waals surface area contributed by atoms with Gasteiger partial charge in [0.1, 0.15) is 6.61 Å². The summed E-state index contributed by atoms with van der Waals surface area (Å²) in [5.74, 6) is -0.588. The largest absolute Gasteiger partial charge is 0.489 e. The summed E-state index contributed by atoms with van der Waals surface area (Å²) in [5, 5.41) is 0. The van der Waals surface area contributed by atoms with Crippen LogP contribution in [-0.4, -0.2) is 43.7 Å². The van der Waals surface area contributed by atoms with Crippen molar-refractivity contribution >= 4 is 10.0 Å². The SMILES string of the molecule is C[C@@H]1C[C@@H](N)CCN1S(=O)(=O)CCOc1ccccc1F. The summed E-state index contributed by atoms with van der Waals surface area (Å²) in [6.07, 6.45) is 1.32. The second-order valence-corrected chi connectivity index (χ2v) is 7.38. The van der Waals surface area contributed by atoms with Crippen LogP contribution in [0.3, 0.4) is 0 Å². The molecule has 0 spiro atoms. The standard InChI is InChI=1S/C14H21FN2O3S/c1-11-10-12(16)6-7-17(11)21(18,19)9-8-20-14-5-3-2-4-13(14)15/h2-5,11-12H,6-10,16H2,1H3/t11-,12+/m1/s1. The monoisotopic (exact) mass is 316 g/mol. The number of halogens is 1. The minimum absolute atomic E-state index is 0.0566. The highest BCUT2D eigenvalue weighted by Crippen LogP contribution is 2.20. The lowest BCUT2D eigenvalue weighted by Gasteiger charge is -2.35. The quantitative estimate of drug-likeness (QED) is 0.890. The zero-order chi connectivity index (χ0) is 15.5. The van der Waals surface area contributed by atoms with Gasteiger partial charge in [-0.15, -0.1) is 0 Å². The number of sulfonamides is 1. The van der Waals surface area contributed by atoms with Crippen LogP contribution in [0.5, 0.6) is 5.75 Å². The van der Waals surface area contributed by atoms with E-state index in [0.29, 0.717) is 19.4 Å². The van der Waals surface area contributed by atoms with Crippen molar-refractivity contribution in [2.45, 2.75) is 31.8 Å². The maximum Gasteiger partial charge on any atom is 0.217 e. The number of para-hydroxylation sites is 1. The van der Waals surface area contributed by atoms with Gasteiger partial charge < -0.3 is 10.5 Å². The van der Waals surface area contributed by atoms with Crippen molar-refractivity contribution in [2.75, 3.05) is 18.9 Å². The third-order valence-electron chi connectivity index (χ3n) is 3.65. The van der Waals surface area contributed by atoms with Crippen LogP contribution in [0.25, 0.3) is 0 Å². The molecular formula is C14H21FN2O3S. The third kappa shape index (κ3) is 4.15. The Balaban J connectivity index is 1.91. The van der Waals surface area contributed by atoms with Gasteiger partial charge in [-0.25, -0.2) is 12.8 Å². The van der Waals surface area contributed by atoms with E-state index in [1.807, 2.05) is 6.92 Å². The predicted molar refractivity (Wildman–Crippen MR) is 79.1 cm³/mol. The van der Waals surface area contributed by atoms with Crippen molar-refractivity contribution < 1.29 is 17.5 Å². The van der Waals surface area contributed by atoms with Gasteiger partial charge in [-0.05, 0) is 31.9 Å². The molecule has 7 heteroatoms. The fourth-order valence-corrected chi connectivity index (χ4v) is 4.08. The maximum atomic E-state index is 13.4. The number of nitrogens with zero attached hydrogens (tertiary/aromatic N) is 1. The van der Waals surface area contributed by atoms with Gasteiger partial charge in [-0.2, -0.15) is 4.31 Å². The van der Waals surface area contributed by atoms with Crippen molar-refractivity contribution in [3.05, 3.63) is 30.1 Å². The lowest BCUT2D eigenvalue weighted by atomic mass is 10.0. The topological polar surface area (TPSA) is 72.6 Å². The zero-order valence-electron chi connectivity index (χ0n) is 12.0. The van der Waals surface area contributed by atoms with E-state index >= 15 is 0 Å². The second-order valence-electron chi connectivity index (χ2n) is 5.34. The highest BCUT2D eigenvalue weighted by Gasteiger charge is 2.32. The highest BCUT2D eigenvalue weighted by molar-refractivity contribution is 7.89. The maximum absolute atomic E-state index is 13.4. The molecule has 2 rings (SSSR count). The molecule has 0 amide bonds. The Morgan fingerprint density at radius 1 is 1.43 bits per heavy atom. The third-order valence-corrected chi connectivity index (χ3v) is 5.59. The van der Waals surface area contributed by atoms with Gasteiger partial charge in [0.2, 0.25) is 10.0 Å². The molecule has 1 saturated heterocycles. The molecule has 1 aliphatic heterocycles. The van der Waals surface area contributed by atoms with Gasteiger partial charge in [0.25, 0.3) is 0 Å². The fraction of sp³-hybridized carbons (Fsp3) is 0.571. The van der Waals surface area contributed by atoms with Crippen molar-refractivity contribution in [3.8, 4) is 5.75 Å². The van der Waals surface area contributed by atoms with E-state index in [1.165, 1.54) is 16.4 Å². The molecule has 118 valence electrons. The van der Waals surface area contributed by atoms with E-state index in [4.69, 9.17) is 10.5 Å². The first-order valence-electron chi connectivity index (χ1n) is 7.02. The average Bonchev–Trinajstić information content (AvgIpc) is 2.40. The van der Waals surface area contributed by atoms with Gasteiger partial charge in [0.05, 0.1) is 5.75 Å². The summed E-state index contributed by atoms with van der Waals surface area (Å²) in [5.41, 5.74) is 5.84. The molecule has 5 nitrogen and oxygen atoms in total. The number of rotatable bonds is 5. The van der Waals surface area contributed by atoms with E-state index in [9.17, 15) is 12.8 Å². The smallest absolute Gasteiger partial charge is 0.217 e. The molecule has 0 bridgehead atoms. The van der Waals surface area contributed by atoms with Crippen LogP contribution in [0.4, 0.5) is 4.39 Å². The predicted octanol–water partition coefficient (Wildman–Crippen LogP) is 1.35. The van der Waals surface area contributed by atoms with Gasteiger partial charge in [0, 0.05) is 18.6 Å². The first-order chi connectivity index (χ1) is 9.90. The van der Waals surface area contributed by atoms with Crippen molar-refractivity contribution in [1.82, 2.24) is 4.31 Å². The van der Waals surface area contributed by atoms with E-state index in [2.05, 4.69) is 0 Å². The Labute approximate surface area is 124 Å². The molecule has 0 aromatic heterocycles. The number of nitrogens with two attached hydrogens (primary N) is 1. The van der Waals surface area contributed by atoms with Gasteiger partial charge in [-0.1, -0.05) is 12.1 Å². The first-order valence-corrected chi connectivity index (χ1v) is 8.63. The van der Waals surface area contributed by atoms with Crippen molar-refractivity contribution in [1.29, 1.82) is 0 Å². The summed E-state index contributed by atoms with van der Waals surface area (Å²) in [7, 11) is -3.41. The molecule has 0 aliphatic carbocycles. The Hall–Kier alpha value is -1.18. The fourth-order valence-electron chi connectivity index (χ4n) is 2.54. The van der Waals surface area contributed by atoms with Crippen LogP contribution in [0.2, 0.25) is 0 Å². The van der Waals surface area contributed by atoms with E-state index in [1.54, 1.807) is 12.1 Å². The van der Waals surface area contributed by atoms with Crippen LogP contribution < -0.4 is 10.5 Å². The Kier molecular flexibility index (Phi) is 5.18. The number of hydrogen-bond donors (Lipinski definition) is 1. The summed E-state index contributed by atoms with van der Waals surface area (Å²) >= 11 is 0. The minimum atomic E-state index is -3.41. The van der Waals surface area contributed by atoms with Crippen LogP contribution in [0.1, 0.15) is 19.8 Å². The Bertz CT molecular complexity index is 579. The van der Waals surface area contributed by atoms with E-state index in [-0.39, 0.29) is 30.2 Å². The van der Waals surface area contributed by atoms with Crippen LogP contribution in [0, 0.1) is 5.82 Å².